The molecule has 3 N–H and O–H groups in total. The second kappa shape index (κ2) is 74.0. The van der Waals surface area contributed by atoms with Crippen LogP contribution in [-0.2, 0) is 65.4 Å². The fourth-order valence-electron chi connectivity index (χ4n) is 11.3. The van der Waals surface area contributed by atoms with Crippen molar-refractivity contribution in [2.75, 3.05) is 39.6 Å². The molecule has 0 aliphatic carbocycles. The predicted octanol–water partition coefficient (Wildman–Crippen LogP) is 23.5. The first-order chi connectivity index (χ1) is 48.7. The molecule has 0 aliphatic rings. The van der Waals surface area contributed by atoms with Gasteiger partial charge < -0.3 is 33.8 Å². The molecule has 0 aromatic carbocycles. The molecule has 17 nitrogen and oxygen atoms in total. The minimum Gasteiger partial charge on any atom is -0.462 e. The number of ether oxygens (including phenoxy) is 4. The number of hydrogen-bond donors (Lipinski definition) is 3. The van der Waals surface area contributed by atoms with Gasteiger partial charge in [0, 0.05) is 25.7 Å². The van der Waals surface area contributed by atoms with Gasteiger partial charge >= 0.3 is 39.5 Å². The summed E-state index contributed by atoms with van der Waals surface area (Å²) in [5, 5.41) is 10.6. The summed E-state index contributed by atoms with van der Waals surface area (Å²) < 4.78 is 68.6. The standard InChI is InChI=1S/C81H148O17P2/c1-5-9-13-17-21-25-29-32-35-36-37-38-41-43-47-50-54-58-62-66-79(84)92-72-77(98-81(86)68-64-60-56-52-48-44-40-34-31-27-23-19-15-11-7-3)74-96-100(89,90)94-70-75(82)69-93-99(87,88)95-73-76(97-80(85)67-63-59-55-51-45-28-24-20-16-12-8-4)71-91-78(83)65-61-57-53-49-46-42-39-33-30-26-22-18-14-10-6-2/h21,23,25,27,32,34-35,37-38,40,75-77,82H,5-20,22,24,26,28-31,33,36,39,41-74H2,1-4H3,(H,87,88)(H,89,90)/b25-21-,27-23-,35-32-,38-37-,40-34-. The van der Waals surface area contributed by atoms with Crippen LogP contribution in [0.1, 0.15) is 374 Å². The lowest BCUT2D eigenvalue weighted by molar-refractivity contribution is -0.161. The topological polar surface area (TPSA) is 237 Å². The second-order valence-corrected chi connectivity index (χ2v) is 30.3. The number of hydrogen-bond acceptors (Lipinski definition) is 15. The number of esters is 4. The van der Waals surface area contributed by atoms with Gasteiger partial charge in [0.1, 0.15) is 19.3 Å². The SMILES string of the molecule is CCCCC/C=C\C/C=C\C/C=C\CCCCCCCCC(=O)OCC(COP(=O)(O)OCC(O)COP(=O)(O)OCC(COC(=O)CCCCCCCCCCCCCCCCC)OC(=O)CCCCCCCCCCCCC)OC(=O)CCCCCCC/C=C\C/C=C\CCCCC. The van der Waals surface area contributed by atoms with Crippen LogP contribution in [0.25, 0.3) is 0 Å². The molecule has 0 aliphatic heterocycles. The van der Waals surface area contributed by atoms with Crippen LogP contribution in [0.5, 0.6) is 0 Å². The number of unbranched alkanes of at least 4 members (excludes halogenated alkanes) is 41. The molecule has 100 heavy (non-hydrogen) atoms. The van der Waals surface area contributed by atoms with Gasteiger partial charge in [-0.1, -0.05) is 313 Å². The van der Waals surface area contributed by atoms with E-state index in [1.807, 2.05) is 0 Å². The minimum atomic E-state index is -4.98. The van der Waals surface area contributed by atoms with Crippen molar-refractivity contribution in [3.63, 3.8) is 0 Å². The lowest BCUT2D eigenvalue weighted by Crippen LogP contribution is -2.30. The van der Waals surface area contributed by atoms with E-state index in [4.69, 9.17) is 37.0 Å². The van der Waals surface area contributed by atoms with Gasteiger partial charge in [-0.15, -0.1) is 0 Å². The maximum atomic E-state index is 13.1. The van der Waals surface area contributed by atoms with Crippen LogP contribution in [-0.4, -0.2) is 96.7 Å². The molecule has 0 aromatic heterocycles. The molecular weight excluding hydrogens is 1310 g/mol. The number of carbonyl (C=O) groups is 4. The van der Waals surface area contributed by atoms with E-state index in [2.05, 4.69) is 88.5 Å². The molecule has 5 unspecified atom stereocenters. The molecule has 19 heteroatoms. The lowest BCUT2D eigenvalue weighted by Gasteiger charge is -2.21. The summed E-state index contributed by atoms with van der Waals surface area (Å²) in [6.45, 7) is 4.86. The molecule has 0 rings (SSSR count). The van der Waals surface area contributed by atoms with E-state index in [-0.39, 0.29) is 25.7 Å². The monoisotopic (exact) mass is 1460 g/mol. The Morgan fingerprint density at radius 1 is 0.280 bits per heavy atom. The van der Waals surface area contributed by atoms with Crippen molar-refractivity contribution in [3.05, 3.63) is 60.8 Å². The molecule has 0 spiro atoms. The van der Waals surface area contributed by atoms with Crippen LogP contribution in [0.2, 0.25) is 0 Å². The van der Waals surface area contributed by atoms with Crippen molar-refractivity contribution in [2.24, 2.45) is 0 Å². The van der Waals surface area contributed by atoms with E-state index in [9.17, 15) is 43.2 Å². The molecule has 0 fully saturated rings. The van der Waals surface area contributed by atoms with Crippen LogP contribution in [0.4, 0.5) is 0 Å². The number of aliphatic hydroxyl groups excluding tert-OH is 1. The zero-order valence-corrected chi connectivity index (χ0v) is 65.7. The Hall–Kier alpha value is -3.24. The van der Waals surface area contributed by atoms with Crippen molar-refractivity contribution in [1.29, 1.82) is 0 Å². The first-order valence-corrected chi connectivity index (χ1v) is 43.5. The molecule has 0 heterocycles. The summed E-state index contributed by atoms with van der Waals surface area (Å²) in [7, 11) is -9.94. The Bertz CT molecular complexity index is 2130. The van der Waals surface area contributed by atoms with Crippen molar-refractivity contribution >= 4 is 39.5 Å². The normalized spacial score (nSPS) is 14.2. The zero-order valence-electron chi connectivity index (χ0n) is 63.9. The minimum absolute atomic E-state index is 0.0795. The highest BCUT2D eigenvalue weighted by Crippen LogP contribution is 2.45. The highest BCUT2D eigenvalue weighted by Gasteiger charge is 2.30. The molecule has 0 amide bonds. The Balaban J connectivity index is 5.30. The van der Waals surface area contributed by atoms with Crippen molar-refractivity contribution in [2.45, 2.75) is 393 Å². The fourth-order valence-corrected chi connectivity index (χ4v) is 12.8. The van der Waals surface area contributed by atoms with Crippen LogP contribution < -0.4 is 0 Å². The van der Waals surface area contributed by atoms with E-state index in [0.717, 1.165) is 148 Å². The Labute approximate surface area is 610 Å². The second-order valence-electron chi connectivity index (χ2n) is 27.4. The van der Waals surface area contributed by atoms with Gasteiger partial charge in [0.2, 0.25) is 0 Å². The first kappa shape index (κ1) is 96.8. The number of rotatable bonds is 77. The van der Waals surface area contributed by atoms with Gasteiger partial charge in [-0.25, -0.2) is 9.13 Å². The summed E-state index contributed by atoms with van der Waals surface area (Å²) in [6.07, 6.45) is 73.4. The highest BCUT2D eigenvalue weighted by molar-refractivity contribution is 7.47. The molecule has 0 bridgehead atoms. The van der Waals surface area contributed by atoms with Crippen molar-refractivity contribution < 1.29 is 80.2 Å². The third-order valence-corrected chi connectivity index (χ3v) is 19.4. The number of phosphoric acid groups is 2. The van der Waals surface area contributed by atoms with Gasteiger partial charge in [-0.05, 0) is 96.3 Å². The maximum absolute atomic E-state index is 13.1. The lowest BCUT2D eigenvalue weighted by atomic mass is 10.0. The van der Waals surface area contributed by atoms with E-state index >= 15 is 0 Å². The average molecular weight is 1460 g/mol. The summed E-state index contributed by atoms with van der Waals surface area (Å²) >= 11 is 0. The average Bonchev–Trinajstić information content (AvgIpc) is 0.985. The first-order valence-electron chi connectivity index (χ1n) is 40.5. The van der Waals surface area contributed by atoms with E-state index in [1.165, 1.54) is 148 Å². The summed E-state index contributed by atoms with van der Waals surface area (Å²) in [6, 6.07) is 0. The third kappa shape index (κ3) is 73.1. The Kier molecular flexibility index (Phi) is 71.6. The summed E-state index contributed by atoms with van der Waals surface area (Å²) in [5.41, 5.74) is 0. The van der Waals surface area contributed by atoms with Crippen LogP contribution >= 0.6 is 15.6 Å². The zero-order chi connectivity index (χ0) is 73.2. The Morgan fingerprint density at radius 3 is 0.770 bits per heavy atom. The summed E-state index contributed by atoms with van der Waals surface area (Å²) in [5.74, 6) is -2.17. The Morgan fingerprint density at radius 2 is 0.490 bits per heavy atom. The number of allylic oxidation sites excluding steroid dienone is 10. The number of phosphoric ester groups is 2. The quantitative estimate of drug-likeness (QED) is 0.0169. The maximum Gasteiger partial charge on any atom is 0.472 e. The molecule has 0 saturated carbocycles. The number of carbonyl (C=O) groups excluding carboxylic acids is 4. The molecular formula is C81H148O17P2. The van der Waals surface area contributed by atoms with Gasteiger partial charge in [0.05, 0.1) is 26.4 Å². The van der Waals surface area contributed by atoms with E-state index in [1.54, 1.807) is 0 Å². The van der Waals surface area contributed by atoms with E-state index < -0.39 is 97.5 Å². The largest absolute Gasteiger partial charge is 0.472 e. The molecule has 5 atom stereocenters. The molecule has 584 valence electrons. The van der Waals surface area contributed by atoms with Crippen molar-refractivity contribution in [1.82, 2.24) is 0 Å². The van der Waals surface area contributed by atoms with Crippen LogP contribution in [0.15, 0.2) is 60.8 Å². The van der Waals surface area contributed by atoms with Crippen LogP contribution in [0, 0.1) is 0 Å². The van der Waals surface area contributed by atoms with Crippen LogP contribution in [0.3, 0.4) is 0 Å². The van der Waals surface area contributed by atoms with Gasteiger partial charge in [-0.2, -0.15) is 0 Å². The fraction of sp³-hybridized carbons (Fsp3) is 0.827. The third-order valence-electron chi connectivity index (χ3n) is 17.5. The van der Waals surface area contributed by atoms with E-state index in [0.29, 0.717) is 25.7 Å². The highest BCUT2D eigenvalue weighted by atomic mass is 31.2. The molecule has 0 radical (unpaired) electrons. The predicted molar refractivity (Wildman–Crippen MR) is 409 cm³/mol. The summed E-state index contributed by atoms with van der Waals surface area (Å²) in [4.78, 5) is 73.0. The van der Waals surface area contributed by atoms with Gasteiger partial charge in [0.15, 0.2) is 12.2 Å². The molecule has 0 saturated heterocycles. The molecule has 0 aromatic rings. The number of aliphatic hydroxyl groups is 1. The van der Waals surface area contributed by atoms with Gasteiger partial charge in [-0.3, -0.25) is 37.3 Å². The van der Waals surface area contributed by atoms with Gasteiger partial charge in [0.25, 0.3) is 0 Å². The smallest absolute Gasteiger partial charge is 0.462 e. The van der Waals surface area contributed by atoms with Crippen molar-refractivity contribution in [3.8, 4) is 0 Å².